The zero-order chi connectivity index (χ0) is 30.8. The highest BCUT2D eigenvalue weighted by Gasteiger charge is 2.43. The molecule has 2 saturated carbocycles. The Morgan fingerprint density at radius 1 is 0.955 bits per heavy atom. The van der Waals surface area contributed by atoms with E-state index in [0.29, 0.717) is 30.4 Å². The van der Waals surface area contributed by atoms with Crippen LogP contribution in [-0.2, 0) is 11.2 Å². The predicted molar refractivity (Wildman–Crippen MR) is 170 cm³/mol. The van der Waals surface area contributed by atoms with Crippen LogP contribution in [0.4, 0.5) is 0 Å². The molecule has 1 aliphatic heterocycles. The van der Waals surface area contributed by atoms with Gasteiger partial charge < -0.3 is 40.2 Å². The molecule has 2 aliphatic carbocycles. The Morgan fingerprint density at radius 3 is 2.59 bits per heavy atom. The zero-order valence-electron chi connectivity index (χ0n) is 26.0. The number of aliphatic hydroxyl groups excluding tert-OH is 1. The molecule has 44 heavy (non-hydrogen) atoms. The van der Waals surface area contributed by atoms with Crippen molar-refractivity contribution in [3.05, 3.63) is 70.5 Å². The third-order valence-corrected chi connectivity index (χ3v) is 10.6. The van der Waals surface area contributed by atoms with E-state index in [1.807, 2.05) is 31.6 Å². The second-order valence-electron chi connectivity index (χ2n) is 13.3. The van der Waals surface area contributed by atoms with Crippen molar-refractivity contribution in [2.24, 2.45) is 11.8 Å². The van der Waals surface area contributed by atoms with Crippen LogP contribution < -0.4 is 10.1 Å². The summed E-state index contributed by atoms with van der Waals surface area (Å²) in [5.74, 6) is 1.48. The first-order valence-electron chi connectivity index (χ1n) is 16.4. The SMILES string of the molecule is CNCCC1CCCC(c2cc(C3CCC4C(O)CC(c5cc(O)c(O)c(OC)c5Cc5cc[nH]c5)OC4C3)ccc2O)C1. The summed E-state index contributed by atoms with van der Waals surface area (Å²) in [4.78, 5) is 3.07. The van der Waals surface area contributed by atoms with Crippen LogP contribution in [0, 0.1) is 11.8 Å². The summed E-state index contributed by atoms with van der Waals surface area (Å²) in [7, 11) is 3.49. The number of benzene rings is 2. The Morgan fingerprint density at radius 2 is 1.82 bits per heavy atom. The molecule has 1 saturated heterocycles. The quantitative estimate of drug-likeness (QED) is 0.156. The molecule has 3 aliphatic rings. The average Bonchev–Trinajstić information content (AvgIpc) is 3.55. The molecule has 1 aromatic heterocycles. The van der Waals surface area contributed by atoms with Crippen LogP contribution in [0.25, 0.3) is 0 Å². The number of ether oxygens (including phenoxy) is 2. The summed E-state index contributed by atoms with van der Waals surface area (Å²) < 4.78 is 12.4. The van der Waals surface area contributed by atoms with Gasteiger partial charge in [0.2, 0.25) is 5.75 Å². The van der Waals surface area contributed by atoms with E-state index >= 15 is 0 Å². The van der Waals surface area contributed by atoms with Gasteiger partial charge in [-0.15, -0.1) is 0 Å². The maximum absolute atomic E-state index is 11.4. The summed E-state index contributed by atoms with van der Waals surface area (Å²) in [5, 5.41) is 46.8. The minimum atomic E-state index is -0.533. The Bertz CT molecular complexity index is 1410. The molecule has 7 unspecified atom stereocenters. The second-order valence-corrected chi connectivity index (χ2v) is 13.3. The third-order valence-electron chi connectivity index (χ3n) is 10.6. The van der Waals surface area contributed by atoms with Crippen molar-refractivity contribution in [1.82, 2.24) is 10.3 Å². The van der Waals surface area contributed by atoms with Gasteiger partial charge in [0.05, 0.1) is 25.4 Å². The van der Waals surface area contributed by atoms with Crippen molar-refractivity contribution in [3.8, 4) is 23.0 Å². The molecule has 0 radical (unpaired) electrons. The van der Waals surface area contributed by atoms with Gasteiger partial charge in [0.25, 0.3) is 0 Å². The van der Waals surface area contributed by atoms with Crippen molar-refractivity contribution in [2.45, 2.75) is 94.4 Å². The lowest BCUT2D eigenvalue weighted by Gasteiger charge is -2.45. The normalized spacial score (nSPS) is 28.8. The monoisotopic (exact) mass is 604 g/mol. The third kappa shape index (κ3) is 6.30. The van der Waals surface area contributed by atoms with Gasteiger partial charge >= 0.3 is 0 Å². The molecule has 6 N–H and O–H groups in total. The number of aliphatic hydroxyl groups is 1. The molecule has 0 bridgehead atoms. The summed E-state index contributed by atoms with van der Waals surface area (Å²) in [6.07, 6.45) is 12.0. The van der Waals surface area contributed by atoms with E-state index in [2.05, 4.69) is 22.4 Å². The number of fused-ring (bicyclic) bond motifs is 1. The lowest BCUT2D eigenvalue weighted by atomic mass is 9.71. The van der Waals surface area contributed by atoms with Gasteiger partial charge in [-0.1, -0.05) is 25.0 Å². The Kier molecular flexibility index (Phi) is 9.40. The molecule has 2 aromatic carbocycles. The van der Waals surface area contributed by atoms with Crippen LogP contribution in [0.15, 0.2) is 42.7 Å². The van der Waals surface area contributed by atoms with Crippen LogP contribution >= 0.6 is 0 Å². The van der Waals surface area contributed by atoms with Gasteiger partial charge in [-0.3, -0.25) is 0 Å². The van der Waals surface area contributed by atoms with Gasteiger partial charge in [-0.2, -0.15) is 0 Å². The summed E-state index contributed by atoms with van der Waals surface area (Å²) in [6.45, 7) is 1.03. The summed E-state index contributed by atoms with van der Waals surface area (Å²) in [6, 6.07) is 9.73. The molecule has 238 valence electrons. The van der Waals surface area contributed by atoms with Gasteiger partial charge in [-0.05, 0) is 110 Å². The number of H-pyrrole nitrogens is 1. The molecule has 0 spiro atoms. The number of aromatic nitrogens is 1. The smallest absolute Gasteiger partial charge is 0.200 e. The molecule has 8 nitrogen and oxygen atoms in total. The first-order valence-corrected chi connectivity index (χ1v) is 16.4. The molecule has 7 atom stereocenters. The molecule has 8 heteroatoms. The first-order chi connectivity index (χ1) is 21.4. The topological polar surface area (TPSA) is 127 Å². The average molecular weight is 605 g/mol. The Hall–Kier alpha value is -3.20. The van der Waals surface area contributed by atoms with Crippen LogP contribution in [0.1, 0.15) is 104 Å². The minimum absolute atomic E-state index is 0.0473. The lowest BCUT2D eigenvalue weighted by molar-refractivity contribution is -0.154. The lowest BCUT2D eigenvalue weighted by Crippen LogP contribution is -2.44. The molecular formula is C36H48N2O6. The highest BCUT2D eigenvalue weighted by molar-refractivity contribution is 5.59. The number of nitrogens with one attached hydrogen (secondary N) is 2. The van der Waals surface area contributed by atoms with Crippen molar-refractivity contribution in [2.75, 3.05) is 20.7 Å². The molecule has 3 fully saturated rings. The molecular weight excluding hydrogens is 556 g/mol. The first kappa shape index (κ1) is 30.8. The minimum Gasteiger partial charge on any atom is -0.508 e. The predicted octanol–water partition coefficient (Wildman–Crippen LogP) is 6.39. The van der Waals surface area contributed by atoms with Crippen molar-refractivity contribution >= 4 is 0 Å². The number of methoxy groups -OCH3 is 1. The Balaban J connectivity index is 1.23. The number of aromatic hydroxyl groups is 3. The fourth-order valence-electron chi connectivity index (χ4n) is 8.31. The highest BCUT2D eigenvalue weighted by Crippen LogP contribution is 2.50. The number of phenolic OH excluding ortho intramolecular Hbond substituents is 3. The largest absolute Gasteiger partial charge is 0.508 e. The molecule has 0 amide bonds. The van der Waals surface area contributed by atoms with Crippen molar-refractivity contribution in [1.29, 1.82) is 0 Å². The van der Waals surface area contributed by atoms with Crippen LogP contribution in [0.5, 0.6) is 23.0 Å². The number of rotatable bonds is 9. The molecule has 3 aromatic rings. The van der Waals surface area contributed by atoms with Gasteiger partial charge in [0, 0.05) is 36.7 Å². The van der Waals surface area contributed by atoms with Crippen molar-refractivity contribution < 1.29 is 29.9 Å². The molecule has 2 heterocycles. The number of hydrogen-bond donors (Lipinski definition) is 6. The van der Waals surface area contributed by atoms with Gasteiger partial charge in [0.15, 0.2) is 11.5 Å². The van der Waals surface area contributed by atoms with E-state index in [-0.39, 0.29) is 35.2 Å². The van der Waals surface area contributed by atoms with E-state index in [0.717, 1.165) is 60.9 Å². The van der Waals surface area contributed by atoms with Crippen molar-refractivity contribution in [3.63, 3.8) is 0 Å². The van der Waals surface area contributed by atoms with E-state index in [1.54, 1.807) is 6.07 Å². The fourth-order valence-corrected chi connectivity index (χ4v) is 8.31. The van der Waals surface area contributed by atoms with E-state index in [9.17, 15) is 20.4 Å². The van der Waals surface area contributed by atoms with Crippen LogP contribution in [0.2, 0.25) is 0 Å². The van der Waals surface area contributed by atoms with Crippen LogP contribution in [0.3, 0.4) is 0 Å². The Labute approximate surface area is 260 Å². The second kappa shape index (κ2) is 13.4. The van der Waals surface area contributed by atoms with Crippen LogP contribution in [-0.4, -0.2) is 58.3 Å². The maximum atomic E-state index is 11.4. The zero-order valence-corrected chi connectivity index (χ0v) is 26.0. The maximum Gasteiger partial charge on any atom is 0.200 e. The van der Waals surface area contributed by atoms with E-state index in [4.69, 9.17) is 9.47 Å². The summed E-state index contributed by atoms with van der Waals surface area (Å²) >= 11 is 0. The fraction of sp³-hybridized carbons (Fsp3) is 0.556. The number of phenols is 3. The van der Waals surface area contributed by atoms with E-state index in [1.165, 1.54) is 31.9 Å². The van der Waals surface area contributed by atoms with Gasteiger partial charge in [-0.25, -0.2) is 0 Å². The summed E-state index contributed by atoms with van der Waals surface area (Å²) in [5.41, 5.74) is 4.81. The van der Waals surface area contributed by atoms with Gasteiger partial charge in [0.1, 0.15) is 5.75 Å². The number of aromatic amines is 1. The number of hydrogen-bond acceptors (Lipinski definition) is 7. The highest BCUT2D eigenvalue weighted by atomic mass is 16.5. The van der Waals surface area contributed by atoms with E-state index < -0.39 is 12.2 Å². The molecule has 6 rings (SSSR count). The standard InChI is InChI=1S/C36H48N2O6/c1-37-12-10-21-4-3-5-25(14-21)27-16-23(7-9-30(27)39)24-6-8-26-31(40)19-34(44-33(26)17-24)28-18-32(41)35(42)36(43-2)29(28)15-22-11-13-38-20-22/h7,9,11,13,16,18,20-21,24-26,31,33-34,37-42H,3-6,8,10,12,14-15,17,19H2,1-2H3.